The predicted octanol–water partition coefficient (Wildman–Crippen LogP) is 1.93. The van der Waals surface area contributed by atoms with E-state index in [9.17, 15) is 19.2 Å². The summed E-state index contributed by atoms with van der Waals surface area (Å²) >= 11 is 0. The Labute approximate surface area is 151 Å². The Morgan fingerprint density at radius 2 is 1.59 bits per heavy atom. The van der Waals surface area contributed by atoms with Gasteiger partial charge in [0.15, 0.2) is 6.61 Å². The highest BCUT2D eigenvalue weighted by Crippen LogP contribution is 2.23. The van der Waals surface area contributed by atoms with Gasteiger partial charge in [-0.2, -0.15) is 0 Å². The van der Waals surface area contributed by atoms with Gasteiger partial charge in [-0.3, -0.25) is 9.59 Å². The van der Waals surface area contributed by atoms with Crippen molar-refractivity contribution < 1.29 is 28.4 Å². The molecule has 3 aromatic rings. The van der Waals surface area contributed by atoms with Gasteiger partial charge in [0.1, 0.15) is 11.3 Å². The Hall–Kier alpha value is -3.94. The first kappa shape index (κ1) is 16.5. The maximum Gasteiger partial charge on any atom is 0.370 e. The zero-order valence-electron chi connectivity index (χ0n) is 13.7. The minimum atomic E-state index is -0.931. The number of hydrogen-bond acceptors (Lipinski definition) is 7. The Morgan fingerprint density at radius 3 is 2.30 bits per heavy atom. The van der Waals surface area contributed by atoms with Crippen molar-refractivity contribution in [3.05, 3.63) is 76.1 Å². The molecule has 0 atom stereocenters. The molecule has 0 saturated heterocycles. The van der Waals surface area contributed by atoms with E-state index >= 15 is 0 Å². The van der Waals surface area contributed by atoms with Crippen LogP contribution in [0.1, 0.15) is 20.7 Å². The number of fused-ring (bicyclic) bond motifs is 2. The second-order valence-corrected chi connectivity index (χ2v) is 5.66. The molecule has 0 fully saturated rings. The first-order valence-corrected chi connectivity index (χ1v) is 7.88. The molecule has 2 amide bonds. The summed E-state index contributed by atoms with van der Waals surface area (Å²) in [7, 11) is 0. The van der Waals surface area contributed by atoms with E-state index < -0.39 is 30.0 Å². The van der Waals surface area contributed by atoms with Gasteiger partial charge in [-0.25, -0.2) is 9.59 Å². The van der Waals surface area contributed by atoms with Crippen LogP contribution in [0.15, 0.2) is 63.8 Å². The summed E-state index contributed by atoms with van der Waals surface area (Å²) in [6, 6.07) is 13.7. The van der Waals surface area contributed by atoms with Gasteiger partial charge in [-0.1, -0.05) is 17.2 Å². The smallest absolute Gasteiger partial charge is 0.370 e. The lowest BCUT2D eigenvalue weighted by Gasteiger charge is -2.13. The number of nitrogens with zero attached hydrogens (tertiary/aromatic N) is 1. The summed E-state index contributed by atoms with van der Waals surface area (Å²) in [5.74, 6) is -2.09. The highest BCUT2D eigenvalue weighted by atomic mass is 16.7. The highest BCUT2D eigenvalue weighted by Gasteiger charge is 2.38. The second kappa shape index (κ2) is 6.41. The number of benzene rings is 2. The summed E-state index contributed by atoms with van der Waals surface area (Å²) in [5.41, 5.74) is 0.125. The fraction of sp³-hybridized carbons (Fsp3) is 0.0526. The third kappa shape index (κ3) is 3.04. The molecule has 1 aliphatic heterocycles. The van der Waals surface area contributed by atoms with Gasteiger partial charge in [0.2, 0.25) is 0 Å². The largest absolute Gasteiger partial charge is 0.482 e. The van der Waals surface area contributed by atoms with Crippen LogP contribution in [0.2, 0.25) is 0 Å². The van der Waals surface area contributed by atoms with Crippen LogP contribution < -0.4 is 10.4 Å². The van der Waals surface area contributed by atoms with Crippen molar-refractivity contribution in [3.63, 3.8) is 0 Å². The van der Waals surface area contributed by atoms with Crippen LogP contribution >= 0.6 is 0 Å². The van der Waals surface area contributed by atoms with Crippen LogP contribution in [0, 0.1) is 0 Å². The number of hydroxylamine groups is 2. The molecule has 0 N–H and O–H groups in total. The predicted molar refractivity (Wildman–Crippen MR) is 91.0 cm³/mol. The number of hydrogen-bond donors (Lipinski definition) is 0. The Bertz CT molecular complexity index is 1110. The first-order valence-electron chi connectivity index (χ1n) is 7.88. The van der Waals surface area contributed by atoms with Crippen molar-refractivity contribution in [2.24, 2.45) is 0 Å². The quantitative estimate of drug-likeness (QED) is 0.514. The standard InChI is InChI=1S/C19H11NO7/c21-16-8-6-11-5-7-12(9-15(11)26-16)25-10-17(22)27-20-18(23)13-3-1-2-4-14(13)19(20)24/h1-9H,10H2. The van der Waals surface area contributed by atoms with Crippen molar-refractivity contribution in [2.45, 2.75) is 0 Å². The summed E-state index contributed by atoms with van der Waals surface area (Å²) in [6.07, 6.45) is 0. The van der Waals surface area contributed by atoms with Crippen molar-refractivity contribution >= 4 is 28.8 Å². The van der Waals surface area contributed by atoms with Crippen LogP contribution in [0.25, 0.3) is 11.0 Å². The molecule has 134 valence electrons. The number of imide groups is 1. The molecular formula is C19H11NO7. The van der Waals surface area contributed by atoms with Crippen molar-refractivity contribution in [1.82, 2.24) is 5.06 Å². The molecule has 1 aliphatic rings. The molecule has 4 rings (SSSR count). The number of carbonyl (C=O) groups is 3. The molecule has 8 nitrogen and oxygen atoms in total. The van der Waals surface area contributed by atoms with Crippen LogP contribution in [0.4, 0.5) is 0 Å². The zero-order chi connectivity index (χ0) is 19.0. The Morgan fingerprint density at radius 1 is 0.926 bits per heavy atom. The lowest BCUT2D eigenvalue weighted by atomic mass is 10.1. The first-order chi connectivity index (χ1) is 13.0. The van der Waals surface area contributed by atoms with E-state index in [1.165, 1.54) is 24.3 Å². The molecule has 0 bridgehead atoms. The molecule has 0 radical (unpaired) electrons. The van der Waals surface area contributed by atoms with E-state index in [4.69, 9.17) is 14.0 Å². The van der Waals surface area contributed by atoms with Gasteiger partial charge in [0.05, 0.1) is 11.1 Å². The van der Waals surface area contributed by atoms with Gasteiger partial charge in [0.25, 0.3) is 11.8 Å². The van der Waals surface area contributed by atoms with Gasteiger partial charge >= 0.3 is 11.6 Å². The van der Waals surface area contributed by atoms with Gasteiger partial charge in [-0.05, 0) is 30.3 Å². The molecule has 8 heteroatoms. The minimum absolute atomic E-state index is 0.167. The lowest BCUT2D eigenvalue weighted by molar-refractivity contribution is -0.170. The molecule has 2 aromatic carbocycles. The van der Waals surface area contributed by atoms with E-state index in [-0.39, 0.29) is 16.9 Å². The molecule has 2 heterocycles. The fourth-order valence-corrected chi connectivity index (χ4v) is 2.65. The summed E-state index contributed by atoms with van der Waals surface area (Å²) in [4.78, 5) is 52.3. The minimum Gasteiger partial charge on any atom is -0.482 e. The third-order valence-corrected chi connectivity index (χ3v) is 3.90. The number of carbonyl (C=O) groups excluding carboxylic acids is 3. The highest BCUT2D eigenvalue weighted by molar-refractivity contribution is 6.20. The lowest BCUT2D eigenvalue weighted by Crippen LogP contribution is -2.34. The van der Waals surface area contributed by atoms with E-state index in [0.717, 1.165) is 0 Å². The molecule has 0 saturated carbocycles. The average Bonchev–Trinajstić information content (AvgIpc) is 2.91. The SMILES string of the molecule is O=C(COc1ccc2ccc(=O)oc2c1)ON1C(=O)c2ccccc2C1=O. The molecular weight excluding hydrogens is 354 g/mol. The van der Waals surface area contributed by atoms with Gasteiger partial charge < -0.3 is 14.0 Å². The molecule has 1 aromatic heterocycles. The molecule has 0 aliphatic carbocycles. The van der Waals surface area contributed by atoms with E-state index in [0.29, 0.717) is 16.0 Å². The number of amides is 2. The Kier molecular flexibility index (Phi) is 3.92. The monoisotopic (exact) mass is 365 g/mol. The van der Waals surface area contributed by atoms with Crippen molar-refractivity contribution in [1.29, 1.82) is 0 Å². The van der Waals surface area contributed by atoms with Crippen LogP contribution in [-0.4, -0.2) is 29.5 Å². The topological polar surface area (TPSA) is 103 Å². The van der Waals surface area contributed by atoms with Crippen LogP contribution in [0.3, 0.4) is 0 Å². The third-order valence-electron chi connectivity index (χ3n) is 3.90. The zero-order valence-corrected chi connectivity index (χ0v) is 13.7. The van der Waals surface area contributed by atoms with E-state index in [1.807, 2.05) is 0 Å². The van der Waals surface area contributed by atoms with E-state index in [2.05, 4.69) is 0 Å². The summed E-state index contributed by atoms with van der Waals surface area (Å²) < 4.78 is 10.3. The Balaban J connectivity index is 1.43. The number of rotatable bonds is 4. The molecule has 27 heavy (non-hydrogen) atoms. The van der Waals surface area contributed by atoms with Crippen molar-refractivity contribution in [2.75, 3.05) is 6.61 Å². The molecule has 0 spiro atoms. The van der Waals surface area contributed by atoms with Crippen molar-refractivity contribution in [3.8, 4) is 5.75 Å². The number of ether oxygens (including phenoxy) is 1. The summed E-state index contributed by atoms with van der Waals surface area (Å²) in [6.45, 7) is -0.546. The van der Waals surface area contributed by atoms with Crippen LogP contribution in [0.5, 0.6) is 5.75 Å². The average molecular weight is 365 g/mol. The normalized spacial score (nSPS) is 13.0. The second-order valence-electron chi connectivity index (χ2n) is 5.66. The van der Waals surface area contributed by atoms with Gasteiger partial charge in [0, 0.05) is 17.5 Å². The van der Waals surface area contributed by atoms with E-state index in [1.54, 1.807) is 30.3 Å². The summed E-state index contributed by atoms with van der Waals surface area (Å²) in [5, 5.41) is 1.10. The maximum absolute atomic E-state index is 12.1. The fourth-order valence-electron chi connectivity index (χ4n) is 2.65. The molecule has 0 unspecified atom stereocenters. The maximum atomic E-state index is 12.1. The van der Waals surface area contributed by atoms with Crippen LogP contribution in [-0.2, 0) is 9.63 Å². The van der Waals surface area contributed by atoms with Gasteiger partial charge in [-0.15, -0.1) is 0 Å².